The number of aliphatic hydroxyl groups excluding tert-OH is 2. The molecular formula is C35H32ClN5O3. The molecule has 6 aromatic rings. The Bertz CT molecular complexity index is 2020. The number of halogens is 1. The van der Waals surface area contributed by atoms with Gasteiger partial charge in [0.05, 0.1) is 17.7 Å². The summed E-state index contributed by atoms with van der Waals surface area (Å²) in [5.74, 6) is 1.18. The van der Waals surface area contributed by atoms with E-state index < -0.39 is 0 Å². The number of benzene rings is 3. The van der Waals surface area contributed by atoms with Crippen LogP contribution in [0.4, 0.5) is 11.5 Å². The van der Waals surface area contributed by atoms with Gasteiger partial charge in [-0.25, -0.2) is 9.97 Å². The molecule has 8 nitrogen and oxygen atoms in total. The molecule has 0 aliphatic carbocycles. The third kappa shape index (κ3) is 5.20. The monoisotopic (exact) mass is 605 g/mol. The van der Waals surface area contributed by atoms with Crippen molar-refractivity contribution in [1.82, 2.24) is 19.9 Å². The molecule has 7 rings (SSSR count). The number of rotatable bonds is 7. The lowest BCUT2D eigenvalue weighted by atomic mass is 9.93. The number of aliphatic hydroxyl groups is 2. The van der Waals surface area contributed by atoms with Gasteiger partial charge in [0.25, 0.3) is 0 Å². The third-order valence-corrected chi connectivity index (χ3v) is 8.80. The van der Waals surface area contributed by atoms with Gasteiger partial charge < -0.3 is 19.9 Å². The van der Waals surface area contributed by atoms with Crippen LogP contribution in [0.15, 0.2) is 77.5 Å². The maximum atomic E-state index is 9.98. The molecule has 1 aliphatic rings. The summed E-state index contributed by atoms with van der Waals surface area (Å²) < 4.78 is 6.12. The van der Waals surface area contributed by atoms with Crippen molar-refractivity contribution in [2.24, 2.45) is 0 Å². The van der Waals surface area contributed by atoms with Gasteiger partial charge in [-0.1, -0.05) is 35.9 Å². The van der Waals surface area contributed by atoms with Crippen molar-refractivity contribution in [1.29, 1.82) is 0 Å². The number of pyridine rings is 2. The minimum Gasteiger partial charge on any atom is -0.434 e. The van der Waals surface area contributed by atoms with Crippen molar-refractivity contribution in [3.8, 4) is 22.6 Å². The van der Waals surface area contributed by atoms with Crippen LogP contribution in [-0.2, 0) is 13.2 Å². The molecule has 3 aromatic carbocycles. The molecule has 9 heteroatoms. The number of aromatic nitrogens is 3. The van der Waals surface area contributed by atoms with E-state index in [1.54, 1.807) is 12.1 Å². The van der Waals surface area contributed by atoms with E-state index in [2.05, 4.69) is 53.3 Å². The summed E-state index contributed by atoms with van der Waals surface area (Å²) in [6.45, 7) is 6.39. The van der Waals surface area contributed by atoms with E-state index in [1.165, 1.54) is 5.56 Å². The second-order valence-corrected chi connectivity index (χ2v) is 11.8. The first-order valence-electron chi connectivity index (χ1n) is 14.7. The smallest absolute Gasteiger partial charge is 0.227 e. The Balaban J connectivity index is 1.23. The zero-order valence-electron chi connectivity index (χ0n) is 24.5. The van der Waals surface area contributed by atoms with E-state index in [-0.39, 0.29) is 12.7 Å². The lowest BCUT2D eigenvalue weighted by Crippen LogP contribution is -2.21. The van der Waals surface area contributed by atoms with Crippen molar-refractivity contribution in [3.05, 3.63) is 100 Å². The number of β-amino-alcohol motifs (C(OH)–C–C–N with tert-alkyl or cyclic N) is 1. The highest BCUT2D eigenvalue weighted by atomic mass is 35.5. The molecule has 0 radical (unpaired) electrons. The van der Waals surface area contributed by atoms with Gasteiger partial charge in [-0.05, 0) is 90.0 Å². The van der Waals surface area contributed by atoms with E-state index in [4.69, 9.17) is 26.0 Å². The summed E-state index contributed by atoms with van der Waals surface area (Å²) in [6, 6.07) is 19.9. The summed E-state index contributed by atoms with van der Waals surface area (Å²) in [5.41, 5.74) is 9.83. The summed E-state index contributed by atoms with van der Waals surface area (Å²) in [6.07, 6.45) is 4.20. The molecule has 0 amide bonds. The number of oxazole rings is 1. The normalized spacial score (nSPS) is 15.4. The molecule has 1 fully saturated rings. The molecule has 4 heterocycles. The van der Waals surface area contributed by atoms with Gasteiger partial charge in [0.1, 0.15) is 11.0 Å². The first-order valence-corrected chi connectivity index (χ1v) is 15.1. The summed E-state index contributed by atoms with van der Waals surface area (Å²) in [7, 11) is 0. The van der Waals surface area contributed by atoms with Crippen LogP contribution in [0.3, 0.4) is 0 Å². The number of hydrogen-bond acceptors (Lipinski definition) is 8. The number of nitrogens with zero attached hydrogens (tertiary/aromatic N) is 4. The first-order chi connectivity index (χ1) is 21.4. The molecule has 0 bridgehead atoms. The summed E-state index contributed by atoms with van der Waals surface area (Å²) in [5, 5.41) is 24.6. The van der Waals surface area contributed by atoms with E-state index in [0.29, 0.717) is 39.9 Å². The number of fused-ring (bicyclic) bond motifs is 2. The number of likely N-dealkylation sites (tertiary alicyclic amines) is 1. The highest BCUT2D eigenvalue weighted by Gasteiger charge is 2.22. The first kappa shape index (κ1) is 28.4. The molecule has 0 spiro atoms. The Labute approximate surface area is 260 Å². The highest BCUT2D eigenvalue weighted by molar-refractivity contribution is 6.34. The Hall–Kier alpha value is -4.34. The SMILES string of the molecule is Cc1c(Nc2nccc3c(CN4CC[C@H](O)C4)ccnc23)cccc1-c1cccc(-c2nc3cc(CO)cc(Cl)c3o2)c1C. The largest absolute Gasteiger partial charge is 0.434 e. The fraction of sp³-hybridized carbons (Fsp3) is 0.229. The van der Waals surface area contributed by atoms with E-state index >= 15 is 0 Å². The van der Waals surface area contributed by atoms with Crippen molar-refractivity contribution in [3.63, 3.8) is 0 Å². The standard InChI is InChI=1S/C35H32ClN5O3/c1-20-25(5-3-7-27(20)35-40-31-16-22(19-42)15-29(36)33(31)44-35)26-6-4-8-30(21(26)2)39-34-32-28(10-13-38-34)23(9-12-37-32)17-41-14-11-24(43)18-41/h3-10,12-13,15-16,24,42-43H,11,14,17-19H2,1-2H3,(H,38,39)/t24-/m0/s1. The number of anilines is 2. The van der Waals surface area contributed by atoms with Gasteiger partial charge in [-0.15, -0.1) is 0 Å². The van der Waals surface area contributed by atoms with Crippen LogP contribution >= 0.6 is 11.6 Å². The fourth-order valence-corrected chi connectivity index (χ4v) is 6.44. The Morgan fingerprint density at radius 1 is 0.977 bits per heavy atom. The van der Waals surface area contributed by atoms with Crippen molar-refractivity contribution in [2.75, 3.05) is 18.4 Å². The second kappa shape index (κ2) is 11.6. The van der Waals surface area contributed by atoms with Gasteiger partial charge in [0.2, 0.25) is 5.89 Å². The second-order valence-electron chi connectivity index (χ2n) is 11.4. The van der Waals surface area contributed by atoms with Gasteiger partial charge in [-0.2, -0.15) is 0 Å². The average molecular weight is 606 g/mol. The minimum absolute atomic E-state index is 0.120. The van der Waals surface area contributed by atoms with Crippen molar-refractivity contribution in [2.45, 2.75) is 39.5 Å². The highest BCUT2D eigenvalue weighted by Crippen LogP contribution is 2.38. The molecule has 1 saturated heterocycles. The van der Waals surface area contributed by atoms with Crippen LogP contribution in [0, 0.1) is 13.8 Å². The van der Waals surface area contributed by atoms with E-state index in [1.807, 2.05) is 36.7 Å². The maximum Gasteiger partial charge on any atom is 0.227 e. The van der Waals surface area contributed by atoms with Crippen LogP contribution in [0.5, 0.6) is 0 Å². The van der Waals surface area contributed by atoms with Crippen LogP contribution in [0.2, 0.25) is 5.02 Å². The molecule has 1 atom stereocenters. The van der Waals surface area contributed by atoms with E-state index in [9.17, 15) is 10.2 Å². The topological polar surface area (TPSA) is 108 Å². The number of hydrogen-bond donors (Lipinski definition) is 3. The van der Waals surface area contributed by atoms with E-state index in [0.717, 1.165) is 63.9 Å². The summed E-state index contributed by atoms with van der Waals surface area (Å²) in [4.78, 5) is 16.4. The minimum atomic E-state index is -0.255. The summed E-state index contributed by atoms with van der Waals surface area (Å²) >= 11 is 6.43. The zero-order valence-corrected chi connectivity index (χ0v) is 25.3. The fourth-order valence-electron chi connectivity index (χ4n) is 6.16. The van der Waals surface area contributed by atoms with Crippen LogP contribution in [0.1, 0.15) is 28.7 Å². The van der Waals surface area contributed by atoms with Gasteiger partial charge in [-0.3, -0.25) is 9.88 Å². The molecule has 0 unspecified atom stereocenters. The van der Waals surface area contributed by atoms with Crippen LogP contribution in [-0.4, -0.2) is 49.3 Å². The average Bonchev–Trinajstić information content (AvgIpc) is 3.65. The predicted octanol–water partition coefficient (Wildman–Crippen LogP) is 7.18. The van der Waals surface area contributed by atoms with Crippen LogP contribution in [0.25, 0.3) is 44.6 Å². The Kier molecular flexibility index (Phi) is 7.52. The molecule has 3 N–H and O–H groups in total. The predicted molar refractivity (Wildman–Crippen MR) is 174 cm³/mol. The molecule has 0 saturated carbocycles. The Morgan fingerprint density at radius 2 is 1.75 bits per heavy atom. The van der Waals surface area contributed by atoms with Gasteiger partial charge in [0, 0.05) is 48.7 Å². The zero-order chi connectivity index (χ0) is 30.4. The quantitative estimate of drug-likeness (QED) is 0.176. The Morgan fingerprint density at radius 3 is 2.55 bits per heavy atom. The molecule has 222 valence electrons. The lowest BCUT2D eigenvalue weighted by molar-refractivity contribution is 0.175. The maximum absolute atomic E-state index is 9.98. The van der Waals surface area contributed by atoms with Gasteiger partial charge in [0.15, 0.2) is 11.4 Å². The molecular weight excluding hydrogens is 574 g/mol. The number of nitrogens with one attached hydrogen (secondary N) is 1. The molecule has 3 aromatic heterocycles. The van der Waals surface area contributed by atoms with Crippen molar-refractivity contribution < 1.29 is 14.6 Å². The van der Waals surface area contributed by atoms with Gasteiger partial charge >= 0.3 is 0 Å². The molecule has 44 heavy (non-hydrogen) atoms. The van der Waals surface area contributed by atoms with Crippen LogP contribution < -0.4 is 5.32 Å². The molecule has 1 aliphatic heterocycles. The van der Waals surface area contributed by atoms with Crippen molar-refractivity contribution >= 4 is 45.1 Å². The third-order valence-electron chi connectivity index (χ3n) is 8.52. The lowest BCUT2D eigenvalue weighted by Gasteiger charge is -2.18.